The first-order valence-corrected chi connectivity index (χ1v) is 15.3. The molecule has 9 heteroatoms. The highest BCUT2D eigenvalue weighted by Crippen LogP contribution is 2.39. The Morgan fingerprint density at radius 1 is 1.24 bits per heavy atom. The summed E-state index contributed by atoms with van der Waals surface area (Å²) >= 11 is 7.79. The molecule has 0 bridgehead atoms. The van der Waals surface area contributed by atoms with Gasteiger partial charge in [0.15, 0.2) is 0 Å². The van der Waals surface area contributed by atoms with Crippen LogP contribution in [0.1, 0.15) is 75.3 Å². The molecule has 2 aliphatic rings. The van der Waals surface area contributed by atoms with Crippen LogP contribution in [-0.2, 0) is 11.2 Å². The predicted octanol–water partition coefficient (Wildman–Crippen LogP) is 6.97. The van der Waals surface area contributed by atoms with E-state index in [0.717, 1.165) is 69.5 Å². The molecule has 1 aromatic heterocycles. The summed E-state index contributed by atoms with van der Waals surface area (Å²) < 4.78 is 31.7. The molecule has 2 heterocycles. The number of pyridine rings is 1. The maximum absolute atomic E-state index is 15.0. The van der Waals surface area contributed by atoms with Crippen LogP contribution in [0.4, 0.5) is 14.5 Å². The van der Waals surface area contributed by atoms with Crippen LogP contribution in [0.2, 0.25) is 5.02 Å². The molecular weight excluding hydrogens is 526 g/mol. The molecule has 1 aromatic carbocycles. The number of hydrogen-bond acceptors (Lipinski definition) is 5. The van der Waals surface area contributed by atoms with E-state index in [1.807, 2.05) is 18.0 Å². The van der Waals surface area contributed by atoms with E-state index in [2.05, 4.69) is 26.8 Å². The topological polar surface area (TPSA) is 57.3 Å². The predicted molar refractivity (Wildman–Crippen MR) is 153 cm³/mol. The van der Waals surface area contributed by atoms with Gasteiger partial charge in [0, 0.05) is 43.4 Å². The van der Waals surface area contributed by atoms with Crippen LogP contribution < -0.4 is 10.6 Å². The monoisotopic (exact) mass is 564 g/mol. The third kappa shape index (κ3) is 7.90. The van der Waals surface area contributed by atoms with E-state index in [9.17, 15) is 13.6 Å². The molecule has 38 heavy (non-hydrogen) atoms. The highest BCUT2D eigenvalue weighted by molar-refractivity contribution is 7.97. The van der Waals surface area contributed by atoms with Crippen LogP contribution in [0.15, 0.2) is 30.6 Å². The summed E-state index contributed by atoms with van der Waals surface area (Å²) in [6, 6.07) is 5.15. The van der Waals surface area contributed by atoms with Crippen molar-refractivity contribution in [1.29, 1.82) is 0 Å². The van der Waals surface area contributed by atoms with E-state index < -0.39 is 11.6 Å². The van der Waals surface area contributed by atoms with Gasteiger partial charge in [-0.05, 0) is 61.6 Å². The molecule has 1 aliphatic carbocycles. The summed E-state index contributed by atoms with van der Waals surface area (Å²) in [4.78, 5) is 17.3. The van der Waals surface area contributed by atoms with E-state index in [-0.39, 0.29) is 23.3 Å². The van der Waals surface area contributed by atoms with Gasteiger partial charge in [0.2, 0.25) is 5.91 Å². The minimum atomic E-state index is -0.467. The fourth-order valence-corrected chi connectivity index (χ4v) is 6.88. The molecule has 4 rings (SSSR count). The molecule has 2 unspecified atom stereocenters. The van der Waals surface area contributed by atoms with Gasteiger partial charge in [-0.25, -0.2) is 13.1 Å². The molecule has 2 fully saturated rings. The zero-order valence-corrected chi connectivity index (χ0v) is 23.7. The van der Waals surface area contributed by atoms with Gasteiger partial charge in [0.05, 0.1) is 23.1 Å². The average molecular weight is 565 g/mol. The minimum absolute atomic E-state index is 0.0795. The molecule has 2 aromatic rings. The van der Waals surface area contributed by atoms with E-state index in [1.54, 1.807) is 6.07 Å². The lowest BCUT2D eigenvalue weighted by molar-refractivity contribution is -0.116. The highest BCUT2D eigenvalue weighted by Gasteiger charge is 2.29. The molecule has 5 nitrogen and oxygen atoms in total. The van der Waals surface area contributed by atoms with Crippen LogP contribution in [0.25, 0.3) is 0 Å². The lowest BCUT2D eigenvalue weighted by Gasteiger charge is -2.35. The number of piperazine rings is 1. The molecule has 2 N–H and O–H groups in total. The van der Waals surface area contributed by atoms with E-state index >= 15 is 0 Å². The van der Waals surface area contributed by atoms with Crippen LogP contribution in [0.3, 0.4) is 0 Å². The van der Waals surface area contributed by atoms with Gasteiger partial charge >= 0.3 is 0 Å². The fraction of sp³-hybridized carbons (Fsp3) is 0.586. The maximum atomic E-state index is 15.0. The number of rotatable bonds is 11. The second kappa shape index (κ2) is 14.6. The van der Waals surface area contributed by atoms with Crippen molar-refractivity contribution >= 4 is 35.1 Å². The lowest BCUT2D eigenvalue weighted by atomic mass is 9.75. The van der Waals surface area contributed by atoms with E-state index in [1.165, 1.54) is 24.9 Å². The standard InChI is InChI=1S/C29H39ClF2N4OS/c1-2-14-38-36-13-12-33-17-22(36)9-10-23-27(32)18-34-19-28(23)35-29(37)16-24(20-6-4-3-5-7-20)21-8-11-25(30)26(31)15-21/h8,11,15,18-20,22,24,33H,2-7,9-10,12-14,16-17H2,1H3,(H,35,37). The number of nitrogens with zero attached hydrogens (tertiary/aromatic N) is 2. The van der Waals surface area contributed by atoms with Gasteiger partial charge in [-0.15, -0.1) is 0 Å². The Balaban J connectivity index is 1.46. The molecule has 208 valence electrons. The summed E-state index contributed by atoms with van der Waals surface area (Å²) in [6.07, 6.45) is 10.8. The molecule has 1 saturated carbocycles. The number of benzene rings is 1. The fourth-order valence-electron chi connectivity index (χ4n) is 5.74. The molecule has 1 saturated heterocycles. The van der Waals surface area contributed by atoms with Crippen LogP contribution in [-0.4, -0.2) is 46.6 Å². The van der Waals surface area contributed by atoms with Gasteiger partial charge in [-0.1, -0.05) is 55.8 Å². The second-order valence-corrected chi connectivity index (χ2v) is 12.0. The number of halogens is 3. The molecule has 0 spiro atoms. The Morgan fingerprint density at radius 3 is 2.82 bits per heavy atom. The third-order valence-electron chi connectivity index (χ3n) is 7.76. The van der Waals surface area contributed by atoms with Crippen molar-refractivity contribution in [1.82, 2.24) is 14.6 Å². The van der Waals surface area contributed by atoms with Crippen molar-refractivity contribution < 1.29 is 13.6 Å². The van der Waals surface area contributed by atoms with Crippen LogP contribution >= 0.6 is 23.5 Å². The Morgan fingerprint density at radius 2 is 2.05 bits per heavy atom. The quantitative estimate of drug-likeness (QED) is 0.289. The van der Waals surface area contributed by atoms with Crippen LogP contribution in [0, 0.1) is 17.6 Å². The summed E-state index contributed by atoms with van der Waals surface area (Å²) in [5, 5.41) is 6.48. The number of amides is 1. The van der Waals surface area contributed by atoms with Gasteiger partial charge in [-0.2, -0.15) is 0 Å². The van der Waals surface area contributed by atoms with Crippen molar-refractivity contribution in [3.63, 3.8) is 0 Å². The number of anilines is 1. The van der Waals surface area contributed by atoms with Crippen molar-refractivity contribution in [3.8, 4) is 0 Å². The number of nitrogens with one attached hydrogen (secondary N) is 2. The Bertz CT molecular complexity index is 1070. The number of carbonyl (C=O) groups excluding carboxylic acids is 1. The largest absolute Gasteiger partial charge is 0.324 e. The summed E-state index contributed by atoms with van der Waals surface area (Å²) in [5.74, 6) is 0.175. The van der Waals surface area contributed by atoms with Gasteiger partial charge in [-0.3, -0.25) is 9.78 Å². The Labute approximate surface area is 234 Å². The van der Waals surface area contributed by atoms with Crippen LogP contribution in [0.5, 0.6) is 0 Å². The zero-order valence-electron chi connectivity index (χ0n) is 22.2. The molecular formula is C29H39ClF2N4OS. The third-order valence-corrected chi connectivity index (χ3v) is 9.47. The molecule has 1 amide bonds. The van der Waals surface area contributed by atoms with Crippen molar-refractivity contribution in [2.75, 3.05) is 30.7 Å². The maximum Gasteiger partial charge on any atom is 0.225 e. The summed E-state index contributed by atoms with van der Waals surface area (Å²) in [7, 11) is 0. The SMILES string of the molecule is CCCSN1CCNCC1CCc1c(F)cncc1NC(=O)CC(c1ccc(Cl)c(F)c1)C1CCCCC1. The summed E-state index contributed by atoms with van der Waals surface area (Å²) in [5.41, 5.74) is 1.71. The molecule has 0 radical (unpaired) electrons. The first-order chi connectivity index (χ1) is 18.5. The number of hydrogen-bond donors (Lipinski definition) is 2. The first kappa shape index (κ1) is 29.2. The number of aromatic nitrogens is 1. The average Bonchev–Trinajstić information content (AvgIpc) is 2.93. The van der Waals surface area contributed by atoms with Crippen molar-refractivity contribution in [2.24, 2.45) is 5.92 Å². The van der Waals surface area contributed by atoms with E-state index in [0.29, 0.717) is 29.6 Å². The Hall–Kier alpha value is -1.74. The first-order valence-electron chi connectivity index (χ1n) is 13.9. The molecule has 2 atom stereocenters. The number of carbonyl (C=O) groups is 1. The smallest absolute Gasteiger partial charge is 0.225 e. The highest BCUT2D eigenvalue weighted by atomic mass is 35.5. The van der Waals surface area contributed by atoms with Gasteiger partial charge < -0.3 is 10.6 Å². The molecule has 1 aliphatic heterocycles. The Kier molecular flexibility index (Phi) is 11.2. The van der Waals surface area contributed by atoms with Gasteiger partial charge in [0.1, 0.15) is 11.6 Å². The zero-order chi connectivity index (χ0) is 26.9. The van der Waals surface area contributed by atoms with Crippen molar-refractivity contribution in [2.45, 2.75) is 76.7 Å². The van der Waals surface area contributed by atoms with Crippen molar-refractivity contribution in [3.05, 3.63) is 58.4 Å². The lowest BCUT2D eigenvalue weighted by Crippen LogP contribution is -2.48. The minimum Gasteiger partial charge on any atom is -0.324 e. The van der Waals surface area contributed by atoms with E-state index in [4.69, 9.17) is 11.6 Å². The second-order valence-electron chi connectivity index (χ2n) is 10.4. The normalized spacial score (nSPS) is 19.8. The summed E-state index contributed by atoms with van der Waals surface area (Å²) in [6.45, 7) is 4.96. The van der Waals surface area contributed by atoms with Gasteiger partial charge in [0.25, 0.3) is 0 Å².